The highest BCUT2D eigenvalue weighted by Gasteiger charge is 2.09. The number of benzene rings is 2. The molecule has 0 fully saturated rings. The number of thioether (sulfide) groups is 1. The zero-order chi connectivity index (χ0) is 16.1. The van der Waals surface area contributed by atoms with Crippen LogP contribution in [-0.4, -0.2) is 16.6 Å². The van der Waals surface area contributed by atoms with Gasteiger partial charge >= 0.3 is 0 Å². The average molecular weight is 341 g/mol. The van der Waals surface area contributed by atoms with Crippen LogP contribution in [-0.2, 0) is 4.79 Å². The second-order valence-corrected chi connectivity index (χ2v) is 5.68. The van der Waals surface area contributed by atoms with Crippen molar-refractivity contribution in [3.8, 4) is 0 Å². The number of carbonyl (C=O) groups excluding carboxylic acids is 1. The largest absolute Gasteiger partial charge is 0.325 e. The molecule has 5 nitrogen and oxygen atoms in total. The third kappa shape index (κ3) is 4.44. The number of rotatable bonds is 5. The lowest BCUT2D eigenvalue weighted by molar-refractivity contribution is -0.384. The molecule has 1 amide bonds. The van der Waals surface area contributed by atoms with Crippen molar-refractivity contribution >= 4 is 40.6 Å². The Morgan fingerprint density at radius 1 is 1.32 bits per heavy atom. The van der Waals surface area contributed by atoms with E-state index >= 15 is 0 Å². The summed E-state index contributed by atoms with van der Waals surface area (Å²) in [7, 11) is 0. The van der Waals surface area contributed by atoms with Crippen LogP contribution >= 0.6 is 23.4 Å². The average Bonchev–Trinajstić information content (AvgIpc) is 2.49. The van der Waals surface area contributed by atoms with Crippen LogP contribution in [0, 0.1) is 15.9 Å². The molecule has 0 heterocycles. The van der Waals surface area contributed by atoms with Crippen molar-refractivity contribution in [1.82, 2.24) is 0 Å². The molecule has 2 aromatic carbocycles. The van der Waals surface area contributed by atoms with Crippen molar-refractivity contribution in [2.45, 2.75) is 4.90 Å². The van der Waals surface area contributed by atoms with E-state index in [-0.39, 0.29) is 22.4 Å². The number of hydrogen-bond acceptors (Lipinski definition) is 4. The van der Waals surface area contributed by atoms with Gasteiger partial charge < -0.3 is 5.32 Å². The van der Waals surface area contributed by atoms with E-state index in [0.29, 0.717) is 10.6 Å². The molecule has 0 aromatic heterocycles. The maximum Gasteiger partial charge on any atom is 0.271 e. The molecule has 0 aliphatic heterocycles. The molecule has 0 spiro atoms. The summed E-state index contributed by atoms with van der Waals surface area (Å²) in [4.78, 5) is 22.6. The van der Waals surface area contributed by atoms with Gasteiger partial charge in [-0.3, -0.25) is 14.9 Å². The number of nitrogens with one attached hydrogen (secondary N) is 1. The fraction of sp³-hybridized carbons (Fsp3) is 0.0714. The van der Waals surface area contributed by atoms with Gasteiger partial charge in [0.1, 0.15) is 5.82 Å². The molecular formula is C14H10ClFN2O3S. The summed E-state index contributed by atoms with van der Waals surface area (Å²) in [6.07, 6.45) is 0. The zero-order valence-corrected chi connectivity index (χ0v) is 12.7. The fourth-order valence-corrected chi connectivity index (χ4v) is 2.59. The molecule has 1 N–H and O–H groups in total. The quantitative estimate of drug-likeness (QED) is 0.505. The van der Waals surface area contributed by atoms with Gasteiger partial charge in [-0.05, 0) is 24.3 Å². The van der Waals surface area contributed by atoms with E-state index in [4.69, 9.17) is 11.6 Å². The summed E-state index contributed by atoms with van der Waals surface area (Å²) in [6.45, 7) is 0. The Bertz CT molecular complexity index is 727. The van der Waals surface area contributed by atoms with Crippen LogP contribution in [0.5, 0.6) is 0 Å². The van der Waals surface area contributed by atoms with Crippen molar-refractivity contribution in [1.29, 1.82) is 0 Å². The first-order chi connectivity index (χ1) is 10.5. The van der Waals surface area contributed by atoms with E-state index in [1.165, 1.54) is 48.2 Å². The van der Waals surface area contributed by atoms with E-state index in [9.17, 15) is 19.3 Å². The van der Waals surface area contributed by atoms with Crippen molar-refractivity contribution in [3.05, 3.63) is 63.4 Å². The van der Waals surface area contributed by atoms with Gasteiger partial charge in [0.25, 0.3) is 5.69 Å². The SMILES string of the molecule is O=C(CSc1ccc(F)c(Cl)c1)Nc1cccc([N+](=O)[O-])c1. The second-order valence-electron chi connectivity index (χ2n) is 4.22. The normalized spacial score (nSPS) is 10.3. The molecule has 2 rings (SSSR count). The van der Waals surface area contributed by atoms with Gasteiger partial charge in [0.2, 0.25) is 5.91 Å². The van der Waals surface area contributed by atoms with Crippen LogP contribution < -0.4 is 5.32 Å². The van der Waals surface area contributed by atoms with E-state index in [1.807, 2.05) is 0 Å². The van der Waals surface area contributed by atoms with E-state index in [0.717, 1.165) is 0 Å². The number of hydrogen-bond donors (Lipinski definition) is 1. The number of nitro benzene ring substituents is 1. The van der Waals surface area contributed by atoms with Crippen molar-refractivity contribution < 1.29 is 14.1 Å². The van der Waals surface area contributed by atoms with Gasteiger partial charge in [-0.15, -0.1) is 11.8 Å². The Morgan fingerprint density at radius 3 is 2.77 bits per heavy atom. The Kier molecular flexibility index (Phi) is 5.35. The number of carbonyl (C=O) groups is 1. The summed E-state index contributed by atoms with van der Waals surface area (Å²) in [5.41, 5.74) is 0.243. The Hall–Kier alpha value is -2.12. The predicted molar refractivity (Wildman–Crippen MR) is 83.9 cm³/mol. The Balaban J connectivity index is 1.94. The summed E-state index contributed by atoms with van der Waals surface area (Å²) in [5.74, 6) is -0.775. The number of nitrogens with zero attached hydrogens (tertiary/aromatic N) is 1. The maximum absolute atomic E-state index is 13.0. The fourth-order valence-electron chi connectivity index (χ4n) is 1.61. The van der Waals surface area contributed by atoms with Gasteiger partial charge in [0.15, 0.2) is 0 Å². The van der Waals surface area contributed by atoms with Gasteiger partial charge in [-0.2, -0.15) is 0 Å². The lowest BCUT2D eigenvalue weighted by Gasteiger charge is -2.05. The molecule has 0 unspecified atom stereocenters. The number of amides is 1. The topological polar surface area (TPSA) is 72.2 Å². The minimum atomic E-state index is -0.537. The van der Waals surface area contributed by atoms with Crippen molar-refractivity contribution in [3.63, 3.8) is 0 Å². The highest BCUT2D eigenvalue weighted by molar-refractivity contribution is 8.00. The number of halogens is 2. The summed E-state index contributed by atoms with van der Waals surface area (Å²) in [6, 6.07) is 9.84. The summed E-state index contributed by atoms with van der Waals surface area (Å²) < 4.78 is 13.0. The lowest BCUT2D eigenvalue weighted by atomic mass is 10.3. The minimum absolute atomic E-state index is 0.0101. The molecule has 0 saturated heterocycles. The molecule has 0 aliphatic carbocycles. The lowest BCUT2D eigenvalue weighted by Crippen LogP contribution is -2.14. The Labute approximate surface area is 134 Å². The van der Waals surface area contributed by atoms with E-state index in [2.05, 4.69) is 5.32 Å². The molecule has 0 bridgehead atoms. The van der Waals surface area contributed by atoms with Crippen molar-refractivity contribution in [2.24, 2.45) is 0 Å². The van der Waals surface area contributed by atoms with Gasteiger partial charge in [0.05, 0.1) is 15.7 Å². The first-order valence-corrected chi connectivity index (χ1v) is 7.44. The molecular weight excluding hydrogens is 331 g/mol. The molecule has 0 saturated carbocycles. The first kappa shape index (κ1) is 16.3. The number of anilines is 1. The number of non-ortho nitro benzene ring substituents is 1. The predicted octanol–water partition coefficient (Wildman–Crippen LogP) is 4.12. The molecule has 0 aliphatic rings. The summed E-state index contributed by atoms with van der Waals surface area (Å²) in [5, 5.41) is 13.2. The third-order valence-electron chi connectivity index (χ3n) is 2.60. The van der Waals surface area contributed by atoms with Crippen LogP contribution in [0.2, 0.25) is 5.02 Å². The summed E-state index contributed by atoms with van der Waals surface area (Å²) >= 11 is 6.84. The molecule has 8 heteroatoms. The smallest absolute Gasteiger partial charge is 0.271 e. The van der Waals surface area contributed by atoms with E-state index < -0.39 is 10.7 Å². The second kappa shape index (κ2) is 7.24. The van der Waals surface area contributed by atoms with Crippen LogP contribution in [0.25, 0.3) is 0 Å². The monoisotopic (exact) mass is 340 g/mol. The highest BCUT2D eigenvalue weighted by atomic mass is 35.5. The van der Waals surface area contributed by atoms with Crippen LogP contribution in [0.1, 0.15) is 0 Å². The molecule has 114 valence electrons. The number of nitro groups is 1. The third-order valence-corrected chi connectivity index (χ3v) is 3.89. The zero-order valence-electron chi connectivity index (χ0n) is 11.1. The maximum atomic E-state index is 13.0. The van der Waals surface area contributed by atoms with E-state index in [1.54, 1.807) is 6.07 Å². The standard InChI is InChI=1S/C14H10ClFN2O3S/c15-12-7-11(4-5-13(12)16)22-8-14(19)17-9-2-1-3-10(6-9)18(20)21/h1-7H,8H2,(H,17,19). The van der Waals surface area contributed by atoms with Gasteiger partial charge in [0, 0.05) is 22.7 Å². The van der Waals surface area contributed by atoms with Crippen LogP contribution in [0.3, 0.4) is 0 Å². The van der Waals surface area contributed by atoms with Gasteiger partial charge in [-0.25, -0.2) is 4.39 Å². The minimum Gasteiger partial charge on any atom is -0.325 e. The first-order valence-electron chi connectivity index (χ1n) is 6.08. The highest BCUT2D eigenvalue weighted by Crippen LogP contribution is 2.24. The molecule has 0 atom stereocenters. The van der Waals surface area contributed by atoms with Crippen molar-refractivity contribution in [2.75, 3.05) is 11.1 Å². The van der Waals surface area contributed by atoms with Crippen LogP contribution in [0.15, 0.2) is 47.4 Å². The molecule has 22 heavy (non-hydrogen) atoms. The van der Waals surface area contributed by atoms with Gasteiger partial charge in [-0.1, -0.05) is 17.7 Å². The molecule has 2 aromatic rings. The Morgan fingerprint density at radius 2 is 2.09 bits per heavy atom. The van der Waals surface area contributed by atoms with Crippen LogP contribution in [0.4, 0.5) is 15.8 Å². The molecule has 0 radical (unpaired) electrons.